The number of hydrogen-bond acceptors (Lipinski definition) is 8. The number of aliphatic carboxylic acids is 2. The molecule has 0 aromatic carbocycles. The van der Waals surface area contributed by atoms with E-state index in [1.807, 2.05) is 0 Å². The number of carboxylic acids is 2. The summed E-state index contributed by atoms with van der Waals surface area (Å²) in [5, 5.41) is 28.1. The van der Waals surface area contributed by atoms with Gasteiger partial charge in [0.05, 0.1) is 18.5 Å². The second-order valence-electron chi connectivity index (χ2n) is 6.27. The molecule has 0 radical (unpaired) electrons. The number of piperidine rings is 1. The Morgan fingerprint density at radius 1 is 1.09 bits per heavy atom. The molecule has 32 heavy (non-hydrogen) atoms. The van der Waals surface area contributed by atoms with Crippen LogP contribution in [-0.2, 0) is 14.4 Å². The maximum Gasteiger partial charge on any atom is 0.490 e. The summed E-state index contributed by atoms with van der Waals surface area (Å²) in [6.45, 7) is 2.11. The predicted octanol–water partition coefficient (Wildman–Crippen LogP) is 0.606. The summed E-state index contributed by atoms with van der Waals surface area (Å²) < 4.78 is 63.5. The molecule has 0 bridgehead atoms. The number of carbonyl (C=O) groups is 3. The summed E-state index contributed by atoms with van der Waals surface area (Å²) in [5.74, 6) is 1.74. The average molecular weight is 497 g/mol. The molecular weight excluding hydrogens is 476 g/mol. The van der Waals surface area contributed by atoms with Crippen LogP contribution < -0.4 is 11.2 Å². The highest BCUT2D eigenvalue weighted by Crippen LogP contribution is 2.20. The Balaban J connectivity index is 0.000000570. The molecule has 0 aromatic rings. The van der Waals surface area contributed by atoms with Crippen molar-refractivity contribution in [2.24, 2.45) is 5.84 Å². The summed E-state index contributed by atoms with van der Waals surface area (Å²) in [7, 11) is 0. The van der Waals surface area contributed by atoms with Crippen molar-refractivity contribution in [1.29, 1.82) is 5.26 Å². The lowest BCUT2D eigenvalue weighted by Crippen LogP contribution is -2.52. The molecule has 0 spiro atoms. The molecule has 2 rings (SSSR count). The van der Waals surface area contributed by atoms with Gasteiger partial charge < -0.3 is 20.4 Å². The van der Waals surface area contributed by atoms with Crippen LogP contribution >= 0.6 is 11.8 Å². The minimum absolute atomic E-state index is 0.0346. The molecule has 10 nitrogen and oxygen atoms in total. The number of halogens is 6. The molecule has 1 unspecified atom stereocenters. The first kappa shape index (κ1) is 29.7. The van der Waals surface area contributed by atoms with Crippen LogP contribution in [0, 0.1) is 11.3 Å². The van der Waals surface area contributed by atoms with Crippen molar-refractivity contribution in [3.8, 4) is 6.07 Å². The summed E-state index contributed by atoms with van der Waals surface area (Å²) in [6, 6.07) is 2.14. The number of hydrazine groups is 1. The maximum absolute atomic E-state index is 12.1. The monoisotopic (exact) mass is 497 g/mol. The van der Waals surface area contributed by atoms with Gasteiger partial charge in [0.15, 0.2) is 0 Å². The largest absolute Gasteiger partial charge is 0.490 e. The molecule has 2 heterocycles. The fourth-order valence-electron chi connectivity index (χ4n) is 2.31. The number of nitrogens with two attached hydrogens (primary N) is 1. The zero-order valence-electron chi connectivity index (χ0n) is 16.3. The number of nitrogens with one attached hydrogen (secondary N) is 1. The van der Waals surface area contributed by atoms with E-state index < -0.39 is 24.3 Å². The number of carboxylic acid groups (broad SMARTS) is 2. The van der Waals surface area contributed by atoms with Crippen molar-refractivity contribution >= 4 is 29.6 Å². The van der Waals surface area contributed by atoms with Crippen LogP contribution in [0.2, 0.25) is 0 Å². The van der Waals surface area contributed by atoms with Crippen molar-refractivity contribution in [2.45, 2.75) is 37.3 Å². The maximum atomic E-state index is 12.1. The van der Waals surface area contributed by atoms with Gasteiger partial charge in [-0.05, 0) is 25.9 Å². The summed E-state index contributed by atoms with van der Waals surface area (Å²) in [6.07, 6.45) is -8.22. The van der Waals surface area contributed by atoms with E-state index in [2.05, 4.69) is 11.4 Å². The van der Waals surface area contributed by atoms with Crippen LogP contribution in [0.15, 0.2) is 0 Å². The first-order valence-corrected chi connectivity index (χ1v) is 9.85. The minimum Gasteiger partial charge on any atom is -0.475 e. The van der Waals surface area contributed by atoms with E-state index in [9.17, 15) is 31.1 Å². The SMILES string of the molecule is N#CC1CSCN1C(=O)CN(N)C1CCNCC1.O=C(O)C(F)(F)F.O=C(O)C(F)(F)F. The third-order valence-electron chi connectivity index (χ3n) is 3.93. The van der Waals surface area contributed by atoms with E-state index in [4.69, 9.17) is 30.9 Å². The fourth-order valence-corrected chi connectivity index (χ4v) is 3.41. The predicted molar refractivity (Wildman–Crippen MR) is 97.7 cm³/mol. The van der Waals surface area contributed by atoms with Crippen molar-refractivity contribution < 1.29 is 50.9 Å². The van der Waals surface area contributed by atoms with E-state index in [0.717, 1.165) is 25.9 Å². The van der Waals surface area contributed by atoms with E-state index in [1.165, 1.54) is 0 Å². The zero-order valence-corrected chi connectivity index (χ0v) is 17.1. The smallest absolute Gasteiger partial charge is 0.475 e. The molecule has 1 atom stereocenters. The highest BCUT2D eigenvalue weighted by Gasteiger charge is 2.39. The summed E-state index contributed by atoms with van der Waals surface area (Å²) >= 11 is 1.62. The Hall–Kier alpha value is -2.29. The second kappa shape index (κ2) is 13.3. The number of rotatable bonds is 3. The van der Waals surface area contributed by atoms with Crippen LogP contribution in [0.1, 0.15) is 12.8 Å². The molecule has 2 saturated heterocycles. The molecule has 184 valence electrons. The number of thioether (sulfide) groups is 1. The van der Waals surface area contributed by atoms with E-state index >= 15 is 0 Å². The van der Waals surface area contributed by atoms with Gasteiger partial charge in [0.2, 0.25) is 5.91 Å². The average Bonchev–Trinajstić information content (AvgIpc) is 3.17. The molecule has 2 fully saturated rings. The van der Waals surface area contributed by atoms with Crippen molar-refractivity contribution in [2.75, 3.05) is 31.3 Å². The number of nitriles is 1. The summed E-state index contributed by atoms with van der Waals surface area (Å²) in [5.41, 5.74) is 0. The Morgan fingerprint density at radius 3 is 1.91 bits per heavy atom. The molecule has 17 heteroatoms. The first-order valence-electron chi connectivity index (χ1n) is 8.70. The van der Waals surface area contributed by atoms with Gasteiger partial charge in [-0.25, -0.2) is 14.6 Å². The highest BCUT2D eigenvalue weighted by atomic mass is 32.2. The topological polar surface area (TPSA) is 160 Å². The van der Waals surface area contributed by atoms with Gasteiger partial charge in [0.1, 0.15) is 6.04 Å². The molecule has 1 amide bonds. The van der Waals surface area contributed by atoms with Crippen molar-refractivity contribution in [3.05, 3.63) is 0 Å². The van der Waals surface area contributed by atoms with Crippen LogP contribution in [0.25, 0.3) is 0 Å². The van der Waals surface area contributed by atoms with Gasteiger partial charge in [0, 0.05) is 11.8 Å². The molecule has 2 aliphatic heterocycles. The van der Waals surface area contributed by atoms with E-state index in [-0.39, 0.29) is 24.5 Å². The lowest BCUT2D eigenvalue weighted by molar-refractivity contribution is -0.193. The molecule has 5 N–H and O–H groups in total. The Morgan fingerprint density at radius 2 is 1.53 bits per heavy atom. The molecule has 2 aliphatic rings. The number of carbonyl (C=O) groups excluding carboxylic acids is 1. The van der Waals surface area contributed by atoms with Crippen LogP contribution in [-0.4, -0.2) is 93.7 Å². The first-order chi connectivity index (χ1) is 14.6. The number of hydrogen-bond donors (Lipinski definition) is 4. The molecule has 0 aromatic heterocycles. The van der Waals surface area contributed by atoms with E-state index in [1.54, 1.807) is 21.7 Å². The lowest BCUT2D eigenvalue weighted by atomic mass is 10.1. The normalized spacial score (nSPS) is 19.2. The van der Waals surface area contributed by atoms with Gasteiger partial charge in [-0.1, -0.05) is 0 Å². The third kappa shape index (κ3) is 11.4. The quantitative estimate of drug-likeness (QED) is 0.247. The van der Waals surface area contributed by atoms with Gasteiger partial charge in [-0.15, -0.1) is 11.8 Å². The fraction of sp³-hybridized carbons (Fsp3) is 0.733. The van der Waals surface area contributed by atoms with Crippen LogP contribution in [0.3, 0.4) is 0 Å². The van der Waals surface area contributed by atoms with Gasteiger partial charge in [0.25, 0.3) is 0 Å². The Bertz CT molecular complexity index is 657. The van der Waals surface area contributed by atoms with Crippen LogP contribution in [0.4, 0.5) is 26.3 Å². The Kier molecular flexibility index (Phi) is 12.3. The Labute approximate surface area is 182 Å². The molecular formula is C15H21F6N5O5S. The number of nitrogens with zero attached hydrogens (tertiary/aromatic N) is 3. The molecule has 0 aliphatic carbocycles. The minimum atomic E-state index is -5.08. The third-order valence-corrected chi connectivity index (χ3v) is 4.94. The standard InChI is InChI=1S/C11H19N5OS.2C2HF3O2/c12-5-10-7-18-8-15(10)11(17)6-16(13)9-1-3-14-4-2-9;2*3-2(4,5)1(6)7/h9-10,14H,1-4,6-8,13H2;2*(H,6,7). The second-order valence-corrected chi connectivity index (χ2v) is 7.27. The van der Waals surface area contributed by atoms with Gasteiger partial charge >= 0.3 is 24.3 Å². The van der Waals surface area contributed by atoms with Gasteiger partial charge in [-0.3, -0.25) is 10.6 Å². The van der Waals surface area contributed by atoms with Crippen LogP contribution in [0.5, 0.6) is 0 Å². The van der Waals surface area contributed by atoms with Gasteiger partial charge in [-0.2, -0.15) is 31.6 Å². The molecule has 0 saturated carbocycles. The van der Waals surface area contributed by atoms with E-state index in [0.29, 0.717) is 11.6 Å². The lowest BCUT2D eigenvalue weighted by Gasteiger charge is -2.31. The number of amides is 1. The summed E-state index contributed by atoms with van der Waals surface area (Å²) in [4.78, 5) is 31.5. The highest BCUT2D eigenvalue weighted by molar-refractivity contribution is 7.99. The van der Waals surface area contributed by atoms with Crippen molar-refractivity contribution in [3.63, 3.8) is 0 Å². The number of alkyl halides is 6. The van der Waals surface area contributed by atoms with Crippen molar-refractivity contribution in [1.82, 2.24) is 15.2 Å². The zero-order chi connectivity index (χ0) is 25.1.